The Kier molecular flexibility index (Phi) is 5.89. The Balaban J connectivity index is 1.78. The van der Waals surface area contributed by atoms with E-state index in [1.54, 1.807) is 0 Å². The summed E-state index contributed by atoms with van der Waals surface area (Å²) in [6, 6.07) is 0.634. The Hall–Kier alpha value is -0.610. The lowest BCUT2D eigenvalue weighted by molar-refractivity contribution is -0.139. The Morgan fingerprint density at radius 1 is 1.09 bits per heavy atom. The van der Waals surface area contributed by atoms with E-state index in [1.165, 1.54) is 12.8 Å². The largest absolute Gasteiger partial charge is 0.390 e. The van der Waals surface area contributed by atoms with E-state index in [-0.39, 0.29) is 11.8 Å². The highest BCUT2D eigenvalue weighted by molar-refractivity contribution is 5.78. The number of likely N-dealkylation sites (tertiary alicyclic amines) is 2. The van der Waals surface area contributed by atoms with Gasteiger partial charge < -0.3 is 14.9 Å². The first-order chi connectivity index (χ1) is 10.3. The third-order valence-corrected chi connectivity index (χ3v) is 5.55. The minimum atomic E-state index is -0.543. The van der Waals surface area contributed by atoms with E-state index in [9.17, 15) is 9.90 Å². The predicted molar refractivity (Wildman–Crippen MR) is 89.7 cm³/mol. The molecule has 4 heteroatoms. The van der Waals surface area contributed by atoms with Crippen LogP contribution in [0.3, 0.4) is 0 Å². The van der Waals surface area contributed by atoms with Gasteiger partial charge in [0.15, 0.2) is 0 Å². The maximum absolute atomic E-state index is 12.0. The molecule has 2 aliphatic rings. The number of rotatable bonds is 4. The molecule has 0 bridgehead atoms. The van der Waals surface area contributed by atoms with Gasteiger partial charge in [0.05, 0.1) is 5.60 Å². The van der Waals surface area contributed by atoms with Crippen molar-refractivity contribution in [2.24, 2.45) is 11.8 Å². The zero-order valence-electron chi connectivity index (χ0n) is 14.8. The Morgan fingerprint density at radius 2 is 1.64 bits per heavy atom. The maximum Gasteiger partial charge on any atom is 0.225 e. The molecular weight excluding hydrogens is 276 g/mol. The SMILES string of the molecule is CC(C)C(=O)N1CCC(O)(CC2CCN(C(C)C)CC2)CC1. The molecule has 1 N–H and O–H groups in total. The fraction of sp³-hybridized carbons (Fsp3) is 0.944. The van der Waals surface area contributed by atoms with Crippen LogP contribution in [0.1, 0.15) is 59.8 Å². The van der Waals surface area contributed by atoms with Crippen molar-refractivity contribution in [2.45, 2.75) is 71.4 Å². The van der Waals surface area contributed by atoms with E-state index in [0.29, 0.717) is 12.0 Å². The molecule has 0 unspecified atom stereocenters. The quantitative estimate of drug-likeness (QED) is 0.867. The molecule has 2 rings (SSSR count). The van der Waals surface area contributed by atoms with E-state index in [1.807, 2.05) is 18.7 Å². The average Bonchev–Trinajstić information content (AvgIpc) is 2.47. The average molecular weight is 310 g/mol. The van der Waals surface area contributed by atoms with Gasteiger partial charge in [-0.15, -0.1) is 0 Å². The van der Waals surface area contributed by atoms with Crippen LogP contribution < -0.4 is 0 Å². The molecule has 2 saturated heterocycles. The highest BCUT2D eigenvalue weighted by Gasteiger charge is 2.37. The number of carbonyl (C=O) groups is 1. The summed E-state index contributed by atoms with van der Waals surface area (Å²) in [5.41, 5.74) is -0.543. The van der Waals surface area contributed by atoms with Crippen molar-refractivity contribution in [3.8, 4) is 0 Å². The molecule has 0 saturated carbocycles. The van der Waals surface area contributed by atoms with Gasteiger partial charge >= 0.3 is 0 Å². The Labute approximate surface area is 135 Å². The molecule has 0 aromatic heterocycles. The number of aliphatic hydroxyl groups is 1. The smallest absolute Gasteiger partial charge is 0.225 e. The summed E-state index contributed by atoms with van der Waals surface area (Å²) >= 11 is 0. The minimum Gasteiger partial charge on any atom is -0.390 e. The molecular formula is C18H34N2O2. The first kappa shape index (κ1) is 17.7. The van der Waals surface area contributed by atoms with E-state index in [4.69, 9.17) is 0 Å². The number of nitrogens with zero attached hydrogens (tertiary/aromatic N) is 2. The molecule has 2 aliphatic heterocycles. The molecule has 4 nitrogen and oxygen atoms in total. The molecule has 0 atom stereocenters. The Morgan fingerprint density at radius 3 is 2.09 bits per heavy atom. The zero-order valence-corrected chi connectivity index (χ0v) is 14.8. The van der Waals surface area contributed by atoms with Gasteiger partial charge in [0, 0.05) is 25.0 Å². The van der Waals surface area contributed by atoms with E-state index in [2.05, 4.69) is 18.7 Å². The fourth-order valence-electron chi connectivity index (χ4n) is 3.92. The van der Waals surface area contributed by atoms with Gasteiger partial charge in [0.1, 0.15) is 0 Å². The lowest BCUT2D eigenvalue weighted by Gasteiger charge is -2.42. The van der Waals surface area contributed by atoms with Gasteiger partial charge in [-0.3, -0.25) is 4.79 Å². The standard InChI is InChI=1S/C18H34N2O2/c1-14(2)17(21)20-11-7-18(22,8-12-20)13-16-5-9-19(10-6-16)15(3)4/h14-16,22H,5-13H2,1-4H3. The number of piperidine rings is 2. The van der Waals surface area contributed by atoms with E-state index >= 15 is 0 Å². The summed E-state index contributed by atoms with van der Waals surface area (Å²) in [4.78, 5) is 16.5. The second kappa shape index (κ2) is 7.31. The van der Waals surface area contributed by atoms with Crippen molar-refractivity contribution in [3.63, 3.8) is 0 Å². The van der Waals surface area contributed by atoms with Gasteiger partial charge in [-0.25, -0.2) is 0 Å². The number of hydrogen-bond donors (Lipinski definition) is 1. The summed E-state index contributed by atoms with van der Waals surface area (Å²) in [7, 11) is 0. The Bertz CT molecular complexity index is 365. The van der Waals surface area contributed by atoms with Crippen molar-refractivity contribution in [1.82, 2.24) is 9.80 Å². The van der Waals surface area contributed by atoms with E-state index in [0.717, 1.165) is 45.4 Å². The zero-order chi connectivity index (χ0) is 16.3. The number of amides is 1. The third-order valence-electron chi connectivity index (χ3n) is 5.55. The van der Waals surface area contributed by atoms with Gasteiger partial charge in [0.25, 0.3) is 0 Å². The van der Waals surface area contributed by atoms with Crippen LogP contribution in [0, 0.1) is 11.8 Å². The van der Waals surface area contributed by atoms with Gasteiger partial charge in [0.2, 0.25) is 5.91 Å². The first-order valence-corrected chi connectivity index (χ1v) is 9.06. The lowest BCUT2D eigenvalue weighted by Crippen LogP contribution is -2.49. The summed E-state index contributed by atoms with van der Waals surface area (Å²) < 4.78 is 0. The second-order valence-corrected chi connectivity index (χ2v) is 7.98. The minimum absolute atomic E-state index is 0.0616. The van der Waals surface area contributed by atoms with Crippen LogP contribution in [0.25, 0.3) is 0 Å². The molecule has 0 aromatic rings. The predicted octanol–water partition coefficient (Wildman–Crippen LogP) is 2.51. The van der Waals surface area contributed by atoms with Crippen LogP contribution in [-0.4, -0.2) is 58.6 Å². The molecule has 0 aliphatic carbocycles. The van der Waals surface area contributed by atoms with Crippen LogP contribution in [0.2, 0.25) is 0 Å². The molecule has 22 heavy (non-hydrogen) atoms. The number of hydrogen-bond acceptors (Lipinski definition) is 3. The summed E-state index contributed by atoms with van der Waals surface area (Å²) in [5.74, 6) is 0.936. The highest BCUT2D eigenvalue weighted by Crippen LogP contribution is 2.33. The van der Waals surface area contributed by atoms with Crippen molar-refractivity contribution in [2.75, 3.05) is 26.2 Å². The molecule has 1 amide bonds. The van der Waals surface area contributed by atoms with E-state index < -0.39 is 5.60 Å². The van der Waals surface area contributed by atoms with Crippen molar-refractivity contribution in [3.05, 3.63) is 0 Å². The summed E-state index contributed by atoms with van der Waals surface area (Å²) in [6.45, 7) is 12.2. The molecule has 0 spiro atoms. The van der Waals surface area contributed by atoms with Crippen LogP contribution in [0.4, 0.5) is 0 Å². The van der Waals surface area contributed by atoms with Crippen molar-refractivity contribution < 1.29 is 9.90 Å². The summed E-state index contributed by atoms with van der Waals surface area (Å²) in [6.07, 6.45) is 4.82. The maximum atomic E-state index is 12.0. The van der Waals surface area contributed by atoms with Crippen LogP contribution in [0.5, 0.6) is 0 Å². The van der Waals surface area contributed by atoms with Crippen molar-refractivity contribution in [1.29, 1.82) is 0 Å². The van der Waals surface area contributed by atoms with Gasteiger partial charge in [-0.1, -0.05) is 13.8 Å². The molecule has 2 heterocycles. The second-order valence-electron chi connectivity index (χ2n) is 7.98. The van der Waals surface area contributed by atoms with Gasteiger partial charge in [-0.05, 0) is 65.0 Å². The molecule has 128 valence electrons. The molecule has 2 fully saturated rings. The highest BCUT2D eigenvalue weighted by atomic mass is 16.3. The van der Waals surface area contributed by atoms with Crippen molar-refractivity contribution >= 4 is 5.91 Å². The first-order valence-electron chi connectivity index (χ1n) is 9.06. The monoisotopic (exact) mass is 310 g/mol. The number of carbonyl (C=O) groups excluding carboxylic acids is 1. The van der Waals surface area contributed by atoms with Crippen LogP contribution >= 0.6 is 0 Å². The van der Waals surface area contributed by atoms with Crippen LogP contribution in [0.15, 0.2) is 0 Å². The van der Waals surface area contributed by atoms with Gasteiger partial charge in [-0.2, -0.15) is 0 Å². The molecule has 0 radical (unpaired) electrons. The fourth-order valence-corrected chi connectivity index (χ4v) is 3.92. The molecule has 0 aromatic carbocycles. The van der Waals surface area contributed by atoms with Crippen LogP contribution in [-0.2, 0) is 4.79 Å². The lowest BCUT2D eigenvalue weighted by atomic mass is 9.79. The summed E-state index contributed by atoms with van der Waals surface area (Å²) in [5, 5.41) is 10.9. The normalized spacial score (nSPS) is 24.2. The topological polar surface area (TPSA) is 43.8 Å². The third kappa shape index (κ3) is 4.45.